The highest BCUT2D eigenvalue weighted by atomic mass is 35.5. The molecule has 1 aliphatic rings. The van der Waals surface area contributed by atoms with Gasteiger partial charge in [0, 0.05) is 31.6 Å². The minimum Gasteiger partial charge on any atom is -0.355 e. The average molecular weight is 358 g/mol. The van der Waals surface area contributed by atoms with E-state index in [4.69, 9.17) is 11.6 Å². The van der Waals surface area contributed by atoms with Crippen molar-refractivity contribution in [1.29, 1.82) is 0 Å². The van der Waals surface area contributed by atoms with Gasteiger partial charge in [-0.05, 0) is 30.2 Å². The third-order valence-electron chi connectivity index (χ3n) is 4.45. The fourth-order valence-electron chi connectivity index (χ4n) is 3.04. The van der Waals surface area contributed by atoms with Gasteiger partial charge in [-0.2, -0.15) is 0 Å². The number of urea groups is 1. The lowest BCUT2D eigenvalue weighted by molar-refractivity contribution is 0.0963. The number of anilines is 1. The Kier molecular flexibility index (Phi) is 5.24. The van der Waals surface area contributed by atoms with Gasteiger partial charge < -0.3 is 15.5 Å². The fraction of sp³-hybridized carbons (Fsp3) is 0.263. The Morgan fingerprint density at radius 3 is 2.60 bits per heavy atom. The summed E-state index contributed by atoms with van der Waals surface area (Å²) in [4.78, 5) is 25.9. The van der Waals surface area contributed by atoms with Crippen LogP contribution in [0.5, 0.6) is 0 Å². The summed E-state index contributed by atoms with van der Waals surface area (Å²) in [7, 11) is 1.56. The molecule has 0 aliphatic carbocycles. The predicted molar refractivity (Wildman–Crippen MR) is 99.2 cm³/mol. The van der Waals surface area contributed by atoms with Crippen LogP contribution in [-0.4, -0.2) is 37.0 Å². The van der Waals surface area contributed by atoms with Gasteiger partial charge in [0.05, 0.1) is 10.7 Å². The number of likely N-dealkylation sites (tertiary alicyclic amines) is 1. The Morgan fingerprint density at radius 2 is 1.92 bits per heavy atom. The molecule has 1 aliphatic heterocycles. The maximum Gasteiger partial charge on any atom is 0.321 e. The van der Waals surface area contributed by atoms with E-state index in [9.17, 15) is 9.59 Å². The predicted octanol–water partition coefficient (Wildman–Crippen LogP) is 3.72. The second-order valence-corrected chi connectivity index (χ2v) is 6.45. The number of benzene rings is 2. The summed E-state index contributed by atoms with van der Waals surface area (Å²) in [6.45, 7) is 1.39. The van der Waals surface area contributed by atoms with Crippen molar-refractivity contribution in [3.8, 4) is 0 Å². The number of nitrogens with zero attached hydrogens (tertiary/aromatic N) is 1. The van der Waals surface area contributed by atoms with Crippen molar-refractivity contribution in [3.05, 3.63) is 64.7 Å². The van der Waals surface area contributed by atoms with Gasteiger partial charge in [0.25, 0.3) is 5.91 Å². The van der Waals surface area contributed by atoms with E-state index in [0.29, 0.717) is 35.3 Å². The van der Waals surface area contributed by atoms with Gasteiger partial charge in [0.2, 0.25) is 0 Å². The van der Waals surface area contributed by atoms with Crippen molar-refractivity contribution in [1.82, 2.24) is 10.2 Å². The molecule has 1 fully saturated rings. The summed E-state index contributed by atoms with van der Waals surface area (Å²) in [5.74, 6) is 0.142. The third kappa shape index (κ3) is 3.94. The molecule has 25 heavy (non-hydrogen) atoms. The number of carbonyl (C=O) groups excluding carboxylic acids is 2. The van der Waals surface area contributed by atoms with Crippen LogP contribution < -0.4 is 10.6 Å². The van der Waals surface area contributed by atoms with Crippen LogP contribution in [0.4, 0.5) is 10.5 Å². The largest absolute Gasteiger partial charge is 0.355 e. The van der Waals surface area contributed by atoms with E-state index in [1.165, 1.54) is 5.56 Å². The molecule has 0 saturated carbocycles. The zero-order chi connectivity index (χ0) is 17.8. The van der Waals surface area contributed by atoms with Crippen LogP contribution >= 0.6 is 11.6 Å². The number of halogens is 1. The van der Waals surface area contributed by atoms with Gasteiger partial charge in [0.15, 0.2) is 0 Å². The SMILES string of the molecule is CNC(=O)c1ccc(NC(=O)N2CC[C@@H](c3ccccc3)C2)c(Cl)c1. The van der Waals surface area contributed by atoms with Crippen molar-refractivity contribution < 1.29 is 9.59 Å². The van der Waals surface area contributed by atoms with Gasteiger partial charge in [-0.25, -0.2) is 4.79 Å². The first-order chi connectivity index (χ1) is 12.1. The molecule has 0 unspecified atom stereocenters. The second kappa shape index (κ2) is 7.57. The molecular weight excluding hydrogens is 338 g/mol. The molecule has 0 aromatic heterocycles. The van der Waals surface area contributed by atoms with Gasteiger partial charge in [0.1, 0.15) is 0 Å². The maximum atomic E-state index is 12.5. The Balaban J connectivity index is 1.64. The number of nitrogens with one attached hydrogen (secondary N) is 2. The number of hydrogen-bond donors (Lipinski definition) is 2. The summed E-state index contributed by atoms with van der Waals surface area (Å²) < 4.78 is 0. The van der Waals surface area contributed by atoms with E-state index in [1.807, 2.05) is 18.2 Å². The molecular formula is C19H20ClN3O2. The fourth-order valence-corrected chi connectivity index (χ4v) is 3.27. The zero-order valence-electron chi connectivity index (χ0n) is 14.0. The highest BCUT2D eigenvalue weighted by Crippen LogP contribution is 2.28. The lowest BCUT2D eigenvalue weighted by Crippen LogP contribution is -2.32. The number of hydrogen-bond acceptors (Lipinski definition) is 2. The minimum absolute atomic E-state index is 0.173. The number of rotatable bonds is 3. The molecule has 2 aromatic rings. The van der Waals surface area contributed by atoms with Crippen molar-refractivity contribution in [3.63, 3.8) is 0 Å². The summed E-state index contributed by atoms with van der Waals surface area (Å²) in [6.07, 6.45) is 0.945. The van der Waals surface area contributed by atoms with Gasteiger partial charge >= 0.3 is 6.03 Å². The van der Waals surface area contributed by atoms with E-state index in [0.717, 1.165) is 6.42 Å². The van der Waals surface area contributed by atoms with E-state index < -0.39 is 0 Å². The van der Waals surface area contributed by atoms with E-state index in [1.54, 1.807) is 30.1 Å². The first-order valence-corrected chi connectivity index (χ1v) is 8.59. The Morgan fingerprint density at radius 1 is 1.16 bits per heavy atom. The summed E-state index contributed by atoms with van der Waals surface area (Å²) in [5, 5.41) is 5.71. The van der Waals surface area contributed by atoms with Gasteiger partial charge in [-0.1, -0.05) is 41.9 Å². The second-order valence-electron chi connectivity index (χ2n) is 6.05. The average Bonchev–Trinajstić information content (AvgIpc) is 3.13. The molecule has 3 amide bonds. The molecule has 0 spiro atoms. The lowest BCUT2D eigenvalue weighted by atomic mass is 9.99. The summed E-state index contributed by atoms with van der Waals surface area (Å²) in [5.41, 5.74) is 2.21. The normalized spacial score (nSPS) is 16.6. The van der Waals surface area contributed by atoms with Crippen LogP contribution in [0.1, 0.15) is 28.3 Å². The van der Waals surface area contributed by atoms with Crippen LogP contribution in [0.15, 0.2) is 48.5 Å². The highest BCUT2D eigenvalue weighted by Gasteiger charge is 2.27. The molecule has 5 nitrogen and oxygen atoms in total. The van der Waals surface area contributed by atoms with E-state index in [-0.39, 0.29) is 11.9 Å². The molecule has 1 atom stereocenters. The molecule has 1 heterocycles. The maximum absolute atomic E-state index is 12.5. The Bertz CT molecular complexity index is 779. The summed E-state index contributed by atoms with van der Waals surface area (Å²) >= 11 is 6.19. The van der Waals surface area contributed by atoms with E-state index >= 15 is 0 Å². The molecule has 2 aromatic carbocycles. The zero-order valence-corrected chi connectivity index (χ0v) is 14.7. The van der Waals surface area contributed by atoms with Crippen molar-refractivity contribution >= 4 is 29.2 Å². The Hall–Kier alpha value is -2.53. The number of carbonyl (C=O) groups is 2. The standard InChI is InChI=1S/C19H20ClN3O2/c1-21-18(24)14-7-8-17(16(20)11-14)22-19(25)23-10-9-15(12-23)13-5-3-2-4-6-13/h2-8,11,15H,9-10,12H2,1H3,(H,21,24)(H,22,25)/t15-/m1/s1. The molecule has 0 bridgehead atoms. The van der Waals surface area contributed by atoms with Crippen LogP contribution in [0.3, 0.4) is 0 Å². The quantitative estimate of drug-likeness (QED) is 0.879. The van der Waals surface area contributed by atoms with Crippen LogP contribution in [0.2, 0.25) is 5.02 Å². The Labute approximate surface area is 152 Å². The van der Waals surface area contributed by atoms with E-state index in [2.05, 4.69) is 22.8 Å². The molecule has 0 radical (unpaired) electrons. The first-order valence-electron chi connectivity index (χ1n) is 8.21. The van der Waals surface area contributed by atoms with Crippen LogP contribution in [-0.2, 0) is 0 Å². The van der Waals surface area contributed by atoms with Crippen molar-refractivity contribution in [2.24, 2.45) is 0 Å². The monoisotopic (exact) mass is 357 g/mol. The smallest absolute Gasteiger partial charge is 0.321 e. The molecule has 6 heteroatoms. The van der Waals surface area contributed by atoms with Gasteiger partial charge in [-0.15, -0.1) is 0 Å². The van der Waals surface area contributed by atoms with Crippen LogP contribution in [0.25, 0.3) is 0 Å². The first kappa shape index (κ1) is 17.3. The van der Waals surface area contributed by atoms with Crippen molar-refractivity contribution in [2.45, 2.75) is 12.3 Å². The molecule has 1 saturated heterocycles. The summed E-state index contributed by atoms with van der Waals surface area (Å²) in [6, 6.07) is 14.9. The van der Waals surface area contributed by atoms with Crippen molar-refractivity contribution in [2.75, 3.05) is 25.5 Å². The minimum atomic E-state index is -0.218. The lowest BCUT2D eigenvalue weighted by Gasteiger charge is -2.18. The van der Waals surface area contributed by atoms with Gasteiger partial charge in [-0.3, -0.25) is 4.79 Å². The topological polar surface area (TPSA) is 61.4 Å². The number of amides is 3. The molecule has 130 valence electrons. The third-order valence-corrected chi connectivity index (χ3v) is 4.76. The van der Waals surface area contributed by atoms with Crippen LogP contribution in [0, 0.1) is 0 Å². The highest BCUT2D eigenvalue weighted by molar-refractivity contribution is 6.34. The molecule has 3 rings (SSSR count). The molecule has 2 N–H and O–H groups in total.